The van der Waals surface area contributed by atoms with E-state index in [9.17, 15) is 14.4 Å². The summed E-state index contributed by atoms with van der Waals surface area (Å²) in [5, 5.41) is 2.83. The van der Waals surface area contributed by atoms with Gasteiger partial charge in [-0.3, -0.25) is 14.4 Å². The normalized spacial score (nSPS) is 13.4. The molecule has 5 heteroatoms. The molecule has 1 N–H and O–H groups in total. The number of benzene rings is 1. The number of nitrogens with one attached hydrogen (secondary N) is 1. The molecule has 0 bridgehead atoms. The van der Waals surface area contributed by atoms with Crippen molar-refractivity contribution in [2.45, 2.75) is 19.3 Å². The van der Waals surface area contributed by atoms with Gasteiger partial charge in [0.15, 0.2) is 0 Å². The van der Waals surface area contributed by atoms with Crippen LogP contribution in [0.15, 0.2) is 18.2 Å². The first kappa shape index (κ1) is 13.3. The fourth-order valence-corrected chi connectivity index (χ4v) is 2.09. The Labute approximate surface area is 111 Å². The van der Waals surface area contributed by atoms with Crippen LogP contribution in [0.2, 0.25) is 0 Å². The van der Waals surface area contributed by atoms with E-state index in [0.29, 0.717) is 25.7 Å². The maximum Gasteiger partial charge on any atom is 0.286 e. The van der Waals surface area contributed by atoms with Crippen molar-refractivity contribution in [3.8, 4) is 0 Å². The average Bonchev–Trinajstić information content (AvgIpc) is 2.43. The summed E-state index contributed by atoms with van der Waals surface area (Å²) in [5.41, 5.74) is 3.10. The zero-order valence-corrected chi connectivity index (χ0v) is 10.8. The molecular weight excluding hydrogens is 244 g/mol. The molecule has 2 rings (SSSR count). The van der Waals surface area contributed by atoms with Crippen molar-refractivity contribution in [2.24, 2.45) is 0 Å². The van der Waals surface area contributed by atoms with Crippen molar-refractivity contribution < 1.29 is 14.4 Å². The largest absolute Gasteiger partial charge is 0.339 e. The van der Waals surface area contributed by atoms with E-state index in [0.717, 1.165) is 23.2 Å². The number of hydrogen-bond acceptors (Lipinski definition) is 3. The van der Waals surface area contributed by atoms with Crippen LogP contribution in [-0.2, 0) is 27.2 Å². The summed E-state index contributed by atoms with van der Waals surface area (Å²) in [6.45, 7) is 0.503. The molecule has 19 heavy (non-hydrogen) atoms. The van der Waals surface area contributed by atoms with Crippen LogP contribution in [0.1, 0.15) is 17.5 Å². The van der Waals surface area contributed by atoms with Crippen LogP contribution in [0.5, 0.6) is 0 Å². The molecule has 2 amide bonds. The van der Waals surface area contributed by atoms with Gasteiger partial charge in [0.05, 0.1) is 0 Å². The third kappa shape index (κ3) is 3.19. The fourth-order valence-electron chi connectivity index (χ4n) is 2.09. The minimum absolute atomic E-state index is 0.0524. The first-order valence-corrected chi connectivity index (χ1v) is 6.22. The van der Waals surface area contributed by atoms with Crippen molar-refractivity contribution in [3.63, 3.8) is 0 Å². The smallest absolute Gasteiger partial charge is 0.286 e. The molecule has 0 aromatic heterocycles. The number of rotatable bonds is 4. The van der Waals surface area contributed by atoms with Crippen LogP contribution in [0, 0.1) is 0 Å². The van der Waals surface area contributed by atoms with E-state index < -0.39 is 5.91 Å². The fraction of sp³-hybridized carbons (Fsp3) is 0.357. The first-order valence-electron chi connectivity index (χ1n) is 6.22. The van der Waals surface area contributed by atoms with Crippen LogP contribution in [0.3, 0.4) is 0 Å². The highest BCUT2D eigenvalue weighted by molar-refractivity contribution is 6.23. The number of fused-ring (bicyclic) bond motifs is 1. The van der Waals surface area contributed by atoms with Gasteiger partial charge in [-0.05, 0) is 30.0 Å². The first-order chi connectivity index (χ1) is 9.10. The van der Waals surface area contributed by atoms with E-state index in [1.165, 1.54) is 4.90 Å². The van der Waals surface area contributed by atoms with Crippen LogP contribution < -0.4 is 5.32 Å². The quantitative estimate of drug-likeness (QED) is 0.642. The zero-order valence-electron chi connectivity index (χ0n) is 10.8. The highest BCUT2D eigenvalue weighted by Crippen LogP contribution is 2.23. The highest BCUT2D eigenvalue weighted by atomic mass is 16.2. The number of carbonyl (C=O) groups excluding carboxylic acids is 3. The number of likely N-dealkylation sites (N-methyl/N-ethyl adjacent to an activating group) is 1. The molecule has 0 saturated carbocycles. The summed E-state index contributed by atoms with van der Waals surface area (Å²) in [5.74, 6) is -0.457. The molecular formula is C14H16N2O3. The number of nitrogens with zero attached hydrogens (tertiary/aromatic N) is 1. The maximum absolute atomic E-state index is 11.2. The van der Waals surface area contributed by atoms with Gasteiger partial charge in [0.2, 0.25) is 12.2 Å². The Morgan fingerprint density at radius 3 is 2.95 bits per heavy atom. The molecule has 0 unspecified atom stereocenters. The minimum Gasteiger partial charge on any atom is -0.339 e. The number of anilines is 1. The Kier molecular flexibility index (Phi) is 3.94. The van der Waals surface area contributed by atoms with E-state index in [1.807, 2.05) is 18.2 Å². The number of hydrogen-bond donors (Lipinski definition) is 1. The number of aldehydes is 1. The van der Waals surface area contributed by atoms with Crippen LogP contribution in [0.4, 0.5) is 5.69 Å². The number of aryl methyl sites for hydroxylation is 1. The van der Waals surface area contributed by atoms with Crippen LogP contribution >= 0.6 is 0 Å². The van der Waals surface area contributed by atoms with Gasteiger partial charge in [-0.1, -0.05) is 12.1 Å². The zero-order chi connectivity index (χ0) is 13.8. The second-order valence-electron chi connectivity index (χ2n) is 4.67. The minimum atomic E-state index is -0.509. The SMILES string of the molecule is CN(CCc1ccc2c(c1)CCC(=O)N2)C(=O)C=O. The van der Waals surface area contributed by atoms with Gasteiger partial charge in [0, 0.05) is 25.7 Å². The monoisotopic (exact) mass is 260 g/mol. The summed E-state index contributed by atoms with van der Waals surface area (Å²) in [7, 11) is 1.61. The van der Waals surface area contributed by atoms with Gasteiger partial charge in [-0.15, -0.1) is 0 Å². The molecule has 5 nitrogen and oxygen atoms in total. The lowest BCUT2D eigenvalue weighted by atomic mass is 9.99. The summed E-state index contributed by atoms with van der Waals surface area (Å²) < 4.78 is 0. The van der Waals surface area contributed by atoms with Gasteiger partial charge in [-0.2, -0.15) is 0 Å². The lowest BCUT2D eigenvalue weighted by Crippen LogP contribution is -2.29. The van der Waals surface area contributed by atoms with Gasteiger partial charge >= 0.3 is 0 Å². The lowest BCUT2D eigenvalue weighted by Gasteiger charge is -2.18. The standard InChI is InChI=1S/C14H16N2O3/c1-16(14(19)9-17)7-6-10-2-4-12-11(8-10)3-5-13(18)15-12/h2,4,8-9H,3,5-7H2,1H3,(H,15,18). The maximum atomic E-state index is 11.2. The Morgan fingerprint density at radius 2 is 2.21 bits per heavy atom. The third-order valence-corrected chi connectivity index (χ3v) is 3.28. The van der Waals surface area contributed by atoms with Crippen LogP contribution in [-0.4, -0.2) is 36.6 Å². The molecule has 1 aliphatic rings. The Hall–Kier alpha value is -2.17. The Bertz CT molecular complexity index is 525. The molecule has 1 aromatic rings. The highest BCUT2D eigenvalue weighted by Gasteiger charge is 2.15. The van der Waals surface area contributed by atoms with Crippen molar-refractivity contribution in [2.75, 3.05) is 18.9 Å². The lowest BCUT2D eigenvalue weighted by molar-refractivity contribution is -0.137. The molecule has 1 aliphatic heterocycles. The van der Waals surface area contributed by atoms with Crippen molar-refractivity contribution in [1.82, 2.24) is 4.90 Å². The molecule has 0 radical (unpaired) electrons. The Morgan fingerprint density at radius 1 is 1.42 bits per heavy atom. The molecule has 0 atom stereocenters. The van der Waals surface area contributed by atoms with E-state index in [2.05, 4.69) is 5.32 Å². The Balaban J connectivity index is 2.01. The second kappa shape index (κ2) is 5.65. The molecule has 0 saturated heterocycles. The van der Waals surface area contributed by atoms with E-state index in [4.69, 9.17) is 0 Å². The van der Waals surface area contributed by atoms with E-state index >= 15 is 0 Å². The molecule has 1 heterocycles. The second-order valence-corrected chi connectivity index (χ2v) is 4.67. The predicted octanol–water partition coefficient (Wildman–Crippen LogP) is 0.771. The molecule has 1 aromatic carbocycles. The topological polar surface area (TPSA) is 66.5 Å². The van der Waals surface area contributed by atoms with Gasteiger partial charge in [0.25, 0.3) is 5.91 Å². The summed E-state index contributed by atoms with van der Waals surface area (Å²) in [6, 6.07) is 5.88. The molecule has 100 valence electrons. The summed E-state index contributed by atoms with van der Waals surface area (Å²) in [4.78, 5) is 34.1. The van der Waals surface area contributed by atoms with Gasteiger partial charge < -0.3 is 10.2 Å². The van der Waals surface area contributed by atoms with Crippen molar-refractivity contribution in [1.29, 1.82) is 0 Å². The van der Waals surface area contributed by atoms with E-state index in [1.54, 1.807) is 7.05 Å². The van der Waals surface area contributed by atoms with Crippen molar-refractivity contribution in [3.05, 3.63) is 29.3 Å². The molecule has 0 fully saturated rings. The summed E-state index contributed by atoms with van der Waals surface area (Å²) >= 11 is 0. The predicted molar refractivity (Wildman–Crippen MR) is 70.8 cm³/mol. The molecule has 0 spiro atoms. The molecule has 0 aliphatic carbocycles. The summed E-state index contributed by atoms with van der Waals surface area (Å²) in [6.07, 6.45) is 2.28. The number of carbonyl (C=O) groups is 3. The van der Waals surface area contributed by atoms with E-state index in [-0.39, 0.29) is 5.91 Å². The third-order valence-electron chi connectivity index (χ3n) is 3.28. The average molecular weight is 260 g/mol. The van der Waals surface area contributed by atoms with Gasteiger partial charge in [0.1, 0.15) is 0 Å². The van der Waals surface area contributed by atoms with Gasteiger partial charge in [-0.25, -0.2) is 0 Å². The number of amides is 2. The van der Waals surface area contributed by atoms with Crippen molar-refractivity contribution >= 4 is 23.8 Å². The van der Waals surface area contributed by atoms with Crippen LogP contribution in [0.25, 0.3) is 0 Å².